The number of pyridine rings is 1. The molecule has 6 nitrogen and oxygen atoms in total. The van der Waals surface area contributed by atoms with Crippen molar-refractivity contribution >= 4 is 22.4 Å². The average molecular weight is 489 g/mol. The number of benzene rings is 3. The third kappa shape index (κ3) is 4.72. The first-order valence-corrected chi connectivity index (χ1v) is 13.0. The lowest BCUT2D eigenvalue weighted by molar-refractivity contribution is 0.255. The zero-order valence-corrected chi connectivity index (χ0v) is 21.6. The van der Waals surface area contributed by atoms with Gasteiger partial charge in [-0.05, 0) is 95.4 Å². The van der Waals surface area contributed by atoms with Gasteiger partial charge < -0.3 is 14.8 Å². The van der Waals surface area contributed by atoms with Crippen LogP contribution in [0.3, 0.4) is 0 Å². The Hall–Kier alpha value is -4.03. The first-order chi connectivity index (χ1) is 18.0. The lowest BCUT2D eigenvalue weighted by Gasteiger charge is -2.27. The molecule has 0 atom stereocenters. The number of nitrogens with one attached hydrogen (secondary N) is 1. The van der Waals surface area contributed by atoms with E-state index in [0.29, 0.717) is 6.04 Å². The van der Waals surface area contributed by atoms with Gasteiger partial charge in [-0.2, -0.15) is 0 Å². The van der Waals surface area contributed by atoms with E-state index in [1.165, 1.54) is 5.56 Å². The van der Waals surface area contributed by atoms with E-state index in [4.69, 9.17) is 9.98 Å². The Labute approximate surface area is 217 Å². The van der Waals surface area contributed by atoms with Crippen LogP contribution in [-0.4, -0.2) is 45.6 Å². The van der Waals surface area contributed by atoms with Crippen LogP contribution in [0.25, 0.3) is 28.1 Å². The van der Waals surface area contributed by atoms with Crippen molar-refractivity contribution in [2.24, 2.45) is 4.99 Å². The van der Waals surface area contributed by atoms with E-state index in [2.05, 4.69) is 94.4 Å². The maximum absolute atomic E-state index is 5.31. The number of hydrogen-bond donors (Lipinski definition) is 1. The van der Waals surface area contributed by atoms with Gasteiger partial charge in [-0.3, -0.25) is 9.98 Å². The highest BCUT2D eigenvalue weighted by Crippen LogP contribution is 2.31. The molecule has 37 heavy (non-hydrogen) atoms. The largest absolute Gasteiger partial charge is 0.352 e. The molecule has 1 fully saturated rings. The molecule has 1 aromatic heterocycles. The topological polar surface area (TPSA) is 58.3 Å². The number of piperidine rings is 1. The first-order valence-electron chi connectivity index (χ1n) is 13.0. The molecule has 0 amide bonds. The van der Waals surface area contributed by atoms with Crippen LogP contribution in [0.5, 0.6) is 0 Å². The third-order valence-electron chi connectivity index (χ3n) is 7.28. The van der Waals surface area contributed by atoms with Crippen LogP contribution < -0.4 is 10.7 Å². The second kappa shape index (κ2) is 9.79. The predicted molar refractivity (Wildman–Crippen MR) is 151 cm³/mol. The van der Waals surface area contributed by atoms with E-state index >= 15 is 0 Å². The summed E-state index contributed by atoms with van der Waals surface area (Å²) >= 11 is 0. The molecule has 0 saturated carbocycles. The summed E-state index contributed by atoms with van der Waals surface area (Å²) in [6.45, 7) is 6.28. The molecule has 6 heteroatoms. The summed E-state index contributed by atoms with van der Waals surface area (Å²) in [6, 6.07) is 25.7. The third-order valence-corrected chi connectivity index (χ3v) is 7.28. The molecule has 3 aromatic rings. The van der Waals surface area contributed by atoms with Crippen molar-refractivity contribution in [2.75, 3.05) is 25.5 Å². The summed E-state index contributed by atoms with van der Waals surface area (Å²) in [7, 11) is 2.19. The van der Waals surface area contributed by atoms with Crippen molar-refractivity contribution in [2.45, 2.75) is 32.7 Å². The maximum atomic E-state index is 5.31. The molecular formula is C31H32N6. The quantitative estimate of drug-likeness (QED) is 0.321. The van der Waals surface area contributed by atoms with Crippen LogP contribution in [0.2, 0.25) is 0 Å². The molecule has 1 aliphatic carbocycles. The van der Waals surface area contributed by atoms with Crippen molar-refractivity contribution in [3.63, 3.8) is 0 Å². The average Bonchev–Trinajstić information content (AvgIpc) is 2.91. The number of likely N-dealkylation sites (tertiary alicyclic amines) is 1. The van der Waals surface area contributed by atoms with E-state index in [0.717, 1.165) is 76.5 Å². The Morgan fingerprint density at radius 1 is 0.892 bits per heavy atom. The fourth-order valence-corrected chi connectivity index (χ4v) is 5.10. The van der Waals surface area contributed by atoms with E-state index in [-0.39, 0.29) is 0 Å². The molecule has 6 rings (SSSR count). The maximum Gasteiger partial charge on any atom is 0.0900 e. The molecule has 186 valence electrons. The molecule has 0 unspecified atom stereocenters. The van der Waals surface area contributed by atoms with Crippen LogP contribution in [0.15, 0.2) is 84.0 Å². The highest BCUT2D eigenvalue weighted by atomic mass is 15.1. The Morgan fingerprint density at radius 3 is 2.46 bits per heavy atom. The zero-order chi connectivity index (χ0) is 25.4. The molecule has 0 spiro atoms. The molecule has 1 saturated heterocycles. The Balaban J connectivity index is 1.61. The lowest BCUT2D eigenvalue weighted by Crippen LogP contribution is -2.33. The van der Waals surface area contributed by atoms with Gasteiger partial charge in [0, 0.05) is 11.9 Å². The summed E-state index contributed by atoms with van der Waals surface area (Å²) in [4.78, 5) is 17.2. The minimum atomic E-state index is 0.297. The van der Waals surface area contributed by atoms with Gasteiger partial charge in [0.15, 0.2) is 0 Å². The van der Waals surface area contributed by atoms with Crippen molar-refractivity contribution < 1.29 is 0 Å². The number of fused-ring (bicyclic) bond motifs is 2. The highest BCUT2D eigenvalue weighted by Gasteiger charge is 2.19. The number of anilines is 2. The van der Waals surface area contributed by atoms with Crippen molar-refractivity contribution in [3.8, 4) is 17.1 Å². The summed E-state index contributed by atoms with van der Waals surface area (Å²) in [5.74, 6) is 0. The summed E-state index contributed by atoms with van der Waals surface area (Å²) in [5.41, 5.74) is 9.25. The molecule has 3 heterocycles. The molecule has 0 bridgehead atoms. The second-order valence-electron chi connectivity index (χ2n) is 10.1. The monoisotopic (exact) mass is 488 g/mol. The first kappa shape index (κ1) is 23.4. The fourth-order valence-electron chi connectivity index (χ4n) is 5.10. The normalized spacial score (nSPS) is 15.5. The van der Waals surface area contributed by atoms with Gasteiger partial charge in [-0.15, -0.1) is 0 Å². The molecule has 1 N–H and O–H groups in total. The Kier molecular flexibility index (Phi) is 6.18. The summed E-state index contributed by atoms with van der Waals surface area (Å²) < 4.78 is 2.31. The SMILES string of the molecule is Cc1ccc(-n2c3cc(=NC4CCN(C)CC4)c(Nc4cccnc4C)cc-3nc3ccccc32)cc1. The number of hydrogen-bond acceptors (Lipinski definition) is 5. The molecule has 3 aliphatic rings. The molecule has 2 aliphatic heterocycles. The van der Waals surface area contributed by atoms with Crippen molar-refractivity contribution in [3.05, 3.63) is 95.6 Å². The number of aromatic nitrogens is 3. The summed E-state index contributed by atoms with van der Waals surface area (Å²) in [6.07, 6.45) is 3.95. The van der Waals surface area contributed by atoms with Crippen LogP contribution in [-0.2, 0) is 0 Å². The predicted octanol–water partition coefficient (Wildman–Crippen LogP) is 5.88. The standard InChI is InChI=1S/C31H32N6/c1-21-10-12-24(13-11-21)37-30-9-5-4-7-26(30)35-29-19-27(34-25-8-6-16-32-22(25)2)28(20-31(29)37)33-23-14-17-36(3)18-15-23/h4-13,16,19-20,23,34H,14-15,17-18H2,1-3H3. The van der Waals surface area contributed by atoms with Gasteiger partial charge in [0.1, 0.15) is 0 Å². The van der Waals surface area contributed by atoms with Gasteiger partial charge >= 0.3 is 0 Å². The highest BCUT2D eigenvalue weighted by molar-refractivity contribution is 5.84. The summed E-state index contributed by atoms with van der Waals surface area (Å²) in [5, 5.41) is 4.59. The Morgan fingerprint density at radius 2 is 1.68 bits per heavy atom. The van der Waals surface area contributed by atoms with Gasteiger partial charge in [0.05, 0.1) is 50.9 Å². The lowest BCUT2D eigenvalue weighted by atomic mass is 10.1. The van der Waals surface area contributed by atoms with E-state index in [9.17, 15) is 0 Å². The smallest absolute Gasteiger partial charge is 0.0900 e. The number of aryl methyl sites for hydroxylation is 2. The van der Waals surface area contributed by atoms with E-state index in [1.54, 1.807) is 0 Å². The van der Waals surface area contributed by atoms with Crippen LogP contribution in [0.4, 0.5) is 11.4 Å². The second-order valence-corrected chi connectivity index (χ2v) is 10.1. The van der Waals surface area contributed by atoms with E-state index < -0.39 is 0 Å². The van der Waals surface area contributed by atoms with Crippen molar-refractivity contribution in [1.29, 1.82) is 0 Å². The van der Waals surface area contributed by atoms with Gasteiger partial charge in [-0.1, -0.05) is 29.8 Å². The zero-order valence-electron chi connectivity index (χ0n) is 21.6. The molecule has 0 radical (unpaired) electrons. The minimum absolute atomic E-state index is 0.297. The van der Waals surface area contributed by atoms with Crippen LogP contribution >= 0.6 is 0 Å². The van der Waals surface area contributed by atoms with Crippen molar-refractivity contribution in [1.82, 2.24) is 19.4 Å². The van der Waals surface area contributed by atoms with Gasteiger partial charge in [0.2, 0.25) is 0 Å². The molecular weight excluding hydrogens is 456 g/mol. The number of para-hydroxylation sites is 2. The van der Waals surface area contributed by atoms with Gasteiger partial charge in [-0.25, -0.2) is 4.98 Å². The number of nitrogens with zero attached hydrogens (tertiary/aromatic N) is 5. The van der Waals surface area contributed by atoms with Crippen LogP contribution in [0.1, 0.15) is 24.1 Å². The van der Waals surface area contributed by atoms with Crippen LogP contribution in [0, 0.1) is 13.8 Å². The minimum Gasteiger partial charge on any atom is -0.352 e. The fraction of sp³-hybridized carbons (Fsp3) is 0.258. The number of rotatable bonds is 4. The van der Waals surface area contributed by atoms with E-state index in [1.807, 2.05) is 25.3 Å². The Bertz CT molecular complexity index is 1590. The van der Waals surface area contributed by atoms with Gasteiger partial charge in [0.25, 0.3) is 0 Å². The molecule has 2 aromatic carbocycles.